The van der Waals surface area contributed by atoms with Crippen molar-refractivity contribution in [2.45, 2.75) is 38.3 Å². The maximum atomic E-state index is 13.8. The van der Waals surface area contributed by atoms with Gasteiger partial charge >= 0.3 is 0 Å². The third-order valence-electron chi connectivity index (χ3n) is 5.96. The Kier molecular flexibility index (Phi) is 8.76. The zero-order chi connectivity index (χ0) is 26.5. The van der Waals surface area contributed by atoms with Crippen molar-refractivity contribution in [3.63, 3.8) is 0 Å². The summed E-state index contributed by atoms with van der Waals surface area (Å²) in [6, 6.07) is 19.6. The zero-order valence-electron chi connectivity index (χ0n) is 20.7. The lowest BCUT2D eigenvalue weighted by atomic mass is 10.1. The lowest BCUT2D eigenvalue weighted by Gasteiger charge is -2.32. The van der Waals surface area contributed by atoms with Crippen molar-refractivity contribution in [2.75, 3.05) is 17.9 Å². The molecule has 3 aromatic rings. The summed E-state index contributed by atoms with van der Waals surface area (Å²) >= 11 is 6.34. The van der Waals surface area contributed by atoms with Crippen molar-refractivity contribution in [2.24, 2.45) is 0 Å². The molecule has 190 valence electrons. The van der Waals surface area contributed by atoms with E-state index in [1.54, 1.807) is 62.4 Å². The van der Waals surface area contributed by atoms with Gasteiger partial charge in [-0.2, -0.15) is 0 Å². The number of carbonyl (C=O) groups excluding carboxylic acids is 2. The number of nitrogens with zero attached hydrogens (tertiary/aromatic N) is 2. The first kappa shape index (κ1) is 27.2. The minimum Gasteiger partial charge on any atom is -0.357 e. The van der Waals surface area contributed by atoms with Crippen LogP contribution in [0.2, 0.25) is 5.02 Å². The molecule has 0 spiro atoms. The van der Waals surface area contributed by atoms with Gasteiger partial charge < -0.3 is 10.2 Å². The molecule has 9 heteroatoms. The van der Waals surface area contributed by atoms with Gasteiger partial charge in [0.05, 0.1) is 10.6 Å². The molecule has 0 heterocycles. The molecule has 0 aliphatic rings. The maximum absolute atomic E-state index is 13.8. The smallest absolute Gasteiger partial charge is 0.264 e. The minimum absolute atomic E-state index is 0.0408. The monoisotopic (exact) mass is 527 g/mol. The molecule has 0 bridgehead atoms. The van der Waals surface area contributed by atoms with Crippen LogP contribution >= 0.6 is 11.6 Å². The van der Waals surface area contributed by atoms with Gasteiger partial charge in [0.15, 0.2) is 0 Å². The molecular weight excluding hydrogens is 498 g/mol. The molecule has 7 nitrogen and oxygen atoms in total. The molecule has 36 heavy (non-hydrogen) atoms. The Labute approximate surface area is 217 Å². The summed E-state index contributed by atoms with van der Waals surface area (Å²) in [5.74, 6) is -0.911. The van der Waals surface area contributed by atoms with E-state index in [1.165, 1.54) is 24.1 Å². The van der Waals surface area contributed by atoms with Gasteiger partial charge in [0, 0.05) is 18.6 Å². The number of rotatable bonds is 9. The number of anilines is 1. The second-order valence-corrected chi connectivity index (χ2v) is 10.8. The number of halogens is 1. The van der Waals surface area contributed by atoms with Crippen LogP contribution in [0.5, 0.6) is 0 Å². The number of aryl methyl sites for hydroxylation is 2. The maximum Gasteiger partial charge on any atom is 0.264 e. The van der Waals surface area contributed by atoms with Crippen LogP contribution in [0.1, 0.15) is 23.6 Å². The van der Waals surface area contributed by atoms with Gasteiger partial charge in [0.1, 0.15) is 12.6 Å². The molecule has 2 amide bonds. The average molecular weight is 528 g/mol. The Hall–Kier alpha value is -3.36. The Balaban J connectivity index is 2.08. The average Bonchev–Trinajstić information content (AvgIpc) is 2.87. The van der Waals surface area contributed by atoms with E-state index < -0.39 is 28.5 Å². The Morgan fingerprint density at radius 3 is 2.25 bits per heavy atom. The first-order valence-corrected chi connectivity index (χ1v) is 13.3. The number of sulfonamides is 1. The Bertz CT molecular complexity index is 1350. The van der Waals surface area contributed by atoms with Crippen LogP contribution < -0.4 is 9.62 Å². The van der Waals surface area contributed by atoms with Crippen molar-refractivity contribution in [3.05, 3.63) is 94.5 Å². The predicted octanol–water partition coefficient (Wildman–Crippen LogP) is 4.32. The van der Waals surface area contributed by atoms with Crippen molar-refractivity contribution < 1.29 is 18.0 Å². The molecule has 0 radical (unpaired) electrons. The van der Waals surface area contributed by atoms with Gasteiger partial charge in [-0.1, -0.05) is 60.1 Å². The van der Waals surface area contributed by atoms with Crippen molar-refractivity contribution >= 4 is 39.1 Å². The zero-order valence-corrected chi connectivity index (χ0v) is 22.3. The lowest BCUT2D eigenvalue weighted by molar-refractivity contribution is -0.139. The Morgan fingerprint density at radius 1 is 0.972 bits per heavy atom. The fraction of sp³-hybridized carbons (Fsp3) is 0.259. The molecule has 0 saturated heterocycles. The normalized spacial score (nSPS) is 12.0. The van der Waals surface area contributed by atoms with Gasteiger partial charge in [0.25, 0.3) is 10.0 Å². The Morgan fingerprint density at radius 2 is 1.61 bits per heavy atom. The van der Waals surface area contributed by atoms with Crippen molar-refractivity contribution in [1.82, 2.24) is 10.2 Å². The summed E-state index contributed by atoms with van der Waals surface area (Å²) in [4.78, 5) is 27.7. The highest BCUT2D eigenvalue weighted by molar-refractivity contribution is 7.92. The van der Waals surface area contributed by atoms with Gasteiger partial charge in [-0.25, -0.2) is 8.42 Å². The van der Waals surface area contributed by atoms with Crippen LogP contribution in [0, 0.1) is 13.8 Å². The van der Waals surface area contributed by atoms with Crippen molar-refractivity contribution in [3.8, 4) is 0 Å². The number of carbonyl (C=O) groups is 2. The SMILES string of the molecule is CNC(=O)[C@H](C)N(Cc1ccccc1Cl)C(=O)CN(c1cc(C)ccc1C)S(=O)(=O)c1ccccc1. The fourth-order valence-electron chi connectivity index (χ4n) is 3.82. The minimum atomic E-state index is -4.10. The molecule has 0 aliphatic carbocycles. The standard InChI is InChI=1S/C27H30ClN3O4S/c1-19-14-15-20(2)25(16-19)31(36(34,35)23-11-6-5-7-12-23)18-26(32)30(21(3)27(33)29-4)17-22-10-8-9-13-24(22)28/h5-16,21H,17-18H2,1-4H3,(H,29,33)/t21-/m0/s1. The first-order valence-electron chi connectivity index (χ1n) is 11.5. The summed E-state index contributed by atoms with van der Waals surface area (Å²) in [5.41, 5.74) is 2.60. The van der Waals surface area contributed by atoms with E-state index in [0.717, 1.165) is 9.87 Å². The fourth-order valence-corrected chi connectivity index (χ4v) is 5.51. The number of hydrogen-bond acceptors (Lipinski definition) is 4. The summed E-state index contributed by atoms with van der Waals surface area (Å²) in [6.45, 7) is 4.80. The number of amides is 2. The number of nitrogens with one attached hydrogen (secondary N) is 1. The number of hydrogen-bond donors (Lipinski definition) is 1. The van der Waals surface area contributed by atoms with Crippen LogP contribution in [0.4, 0.5) is 5.69 Å². The molecule has 0 fully saturated rings. The second-order valence-electron chi connectivity index (χ2n) is 8.52. The molecule has 0 unspecified atom stereocenters. The largest absolute Gasteiger partial charge is 0.357 e. The molecule has 0 saturated carbocycles. The van der Waals surface area contributed by atoms with Crippen LogP contribution in [0.3, 0.4) is 0 Å². The van der Waals surface area contributed by atoms with Gasteiger partial charge in [-0.05, 0) is 61.7 Å². The van der Waals surface area contributed by atoms with Crippen LogP contribution in [0.15, 0.2) is 77.7 Å². The van der Waals surface area contributed by atoms with Crippen LogP contribution in [0.25, 0.3) is 0 Å². The van der Waals surface area contributed by atoms with Gasteiger partial charge in [-0.3, -0.25) is 13.9 Å². The first-order chi connectivity index (χ1) is 17.1. The highest BCUT2D eigenvalue weighted by Gasteiger charge is 2.33. The number of benzene rings is 3. The number of likely N-dealkylation sites (N-methyl/N-ethyl adjacent to an activating group) is 1. The highest BCUT2D eigenvalue weighted by atomic mass is 35.5. The van der Waals surface area contributed by atoms with Crippen LogP contribution in [-0.2, 0) is 26.2 Å². The quantitative estimate of drug-likeness (QED) is 0.449. The summed E-state index contributed by atoms with van der Waals surface area (Å²) in [7, 11) is -2.61. The van der Waals surface area contributed by atoms with Gasteiger partial charge in [0.2, 0.25) is 11.8 Å². The molecule has 3 aromatic carbocycles. The summed E-state index contributed by atoms with van der Waals surface area (Å²) in [6.07, 6.45) is 0. The van der Waals surface area contributed by atoms with Gasteiger partial charge in [-0.15, -0.1) is 0 Å². The molecular formula is C27H30ClN3O4S. The van der Waals surface area contributed by atoms with Crippen molar-refractivity contribution in [1.29, 1.82) is 0 Å². The van der Waals surface area contributed by atoms with E-state index in [4.69, 9.17) is 11.6 Å². The van der Waals surface area contributed by atoms with E-state index in [0.29, 0.717) is 21.8 Å². The van der Waals surface area contributed by atoms with Crippen LogP contribution in [-0.4, -0.2) is 44.8 Å². The lowest BCUT2D eigenvalue weighted by Crippen LogP contribution is -2.50. The van der Waals surface area contributed by atoms with E-state index in [2.05, 4.69) is 5.32 Å². The third kappa shape index (κ3) is 6.06. The molecule has 0 aromatic heterocycles. The third-order valence-corrected chi connectivity index (χ3v) is 8.10. The molecule has 1 atom stereocenters. The van der Waals surface area contributed by atoms with E-state index in [1.807, 2.05) is 19.1 Å². The summed E-state index contributed by atoms with van der Waals surface area (Å²) < 4.78 is 28.7. The highest BCUT2D eigenvalue weighted by Crippen LogP contribution is 2.28. The topological polar surface area (TPSA) is 86.8 Å². The molecule has 0 aliphatic heterocycles. The molecule has 3 rings (SSSR count). The molecule has 1 N–H and O–H groups in total. The summed E-state index contributed by atoms with van der Waals surface area (Å²) in [5, 5.41) is 3.01. The second kappa shape index (κ2) is 11.6. The van der Waals surface area contributed by atoms with E-state index >= 15 is 0 Å². The predicted molar refractivity (Wildman–Crippen MR) is 142 cm³/mol. The van der Waals surface area contributed by atoms with E-state index in [-0.39, 0.29) is 17.3 Å². The van der Waals surface area contributed by atoms with E-state index in [9.17, 15) is 18.0 Å².